The number of sulfonamides is 1. The summed E-state index contributed by atoms with van der Waals surface area (Å²) in [6.07, 6.45) is 0. The number of para-hydroxylation sites is 1. The van der Waals surface area contributed by atoms with Gasteiger partial charge in [0, 0.05) is 12.6 Å². The zero-order chi connectivity index (χ0) is 22.4. The van der Waals surface area contributed by atoms with Crippen molar-refractivity contribution >= 4 is 50.3 Å². The number of hydrogen-bond donors (Lipinski definition) is 3. The number of hydrazone groups is 1. The molecule has 1 aromatic heterocycles. The van der Waals surface area contributed by atoms with Crippen LogP contribution in [-0.2, 0) is 14.8 Å². The minimum Gasteiger partial charge on any atom is -0.326 e. The Hall–Kier alpha value is -3.50. The Morgan fingerprint density at radius 2 is 1.65 bits per heavy atom. The molecular formula is C21H20N4O4S2. The van der Waals surface area contributed by atoms with E-state index >= 15 is 0 Å². The van der Waals surface area contributed by atoms with Gasteiger partial charge in [0.25, 0.3) is 15.9 Å². The van der Waals surface area contributed by atoms with Gasteiger partial charge in [-0.1, -0.05) is 30.3 Å². The van der Waals surface area contributed by atoms with Crippen molar-refractivity contribution in [3.8, 4) is 0 Å². The summed E-state index contributed by atoms with van der Waals surface area (Å²) >= 11 is 1.08. The molecule has 1 heterocycles. The molecule has 8 nitrogen and oxygen atoms in total. The van der Waals surface area contributed by atoms with Gasteiger partial charge in [0.1, 0.15) is 4.21 Å². The van der Waals surface area contributed by atoms with Gasteiger partial charge in [-0.2, -0.15) is 5.10 Å². The Morgan fingerprint density at radius 3 is 2.29 bits per heavy atom. The largest absolute Gasteiger partial charge is 0.326 e. The lowest BCUT2D eigenvalue weighted by atomic mass is 10.1. The van der Waals surface area contributed by atoms with E-state index in [-0.39, 0.29) is 21.4 Å². The molecule has 0 atom stereocenters. The number of carbonyl (C=O) groups excluding carboxylic acids is 2. The second-order valence-electron chi connectivity index (χ2n) is 6.48. The number of thiophene rings is 1. The van der Waals surface area contributed by atoms with Crippen LogP contribution >= 0.6 is 11.3 Å². The number of hydrogen-bond acceptors (Lipinski definition) is 6. The van der Waals surface area contributed by atoms with Crippen LogP contribution in [0.1, 0.15) is 29.8 Å². The highest BCUT2D eigenvalue weighted by Gasteiger charge is 2.19. The zero-order valence-corrected chi connectivity index (χ0v) is 18.4. The van der Waals surface area contributed by atoms with Crippen molar-refractivity contribution in [1.29, 1.82) is 0 Å². The first-order valence-electron chi connectivity index (χ1n) is 9.14. The molecule has 0 unspecified atom stereocenters. The lowest BCUT2D eigenvalue weighted by molar-refractivity contribution is -0.114. The number of nitrogens with zero attached hydrogens (tertiary/aromatic N) is 1. The van der Waals surface area contributed by atoms with Crippen molar-refractivity contribution in [1.82, 2.24) is 5.43 Å². The highest BCUT2D eigenvalue weighted by Crippen LogP contribution is 2.23. The Labute approximate surface area is 184 Å². The maximum atomic E-state index is 12.7. The van der Waals surface area contributed by atoms with Crippen molar-refractivity contribution in [3.05, 3.63) is 77.2 Å². The summed E-state index contributed by atoms with van der Waals surface area (Å²) in [5.74, 6) is -0.725. The lowest BCUT2D eigenvalue weighted by Crippen LogP contribution is -2.22. The summed E-state index contributed by atoms with van der Waals surface area (Å²) in [7, 11) is -3.79. The fourth-order valence-electron chi connectivity index (χ4n) is 2.64. The summed E-state index contributed by atoms with van der Waals surface area (Å²) in [6, 6.07) is 16.4. The Bertz CT molecular complexity index is 1220. The molecule has 0 aliphatic heterocycles. The van der Waals surface area contributed by atoms with Crippen LogP contribution in [0.2, 0.25) is 0 Å². The van der Waals surface area contributed by atoms with Crippen LogP contribution in [0.15, 0.2) is 75.4 Å². The molecule has 0 radical (unpaired) electrons. The fraction of sp³-hybridized carbons (Fsp3) is 0.0952. The molecule has 3 N–H and O–H groups in total. The summed E-state index contributed by atoms with van der Waals surface area (Å²) < 4.78 is 27.6. The smallest absolute Gasteiger partial charge is 0.273 e. The predicted octanol–water partition coefficient (Wildman–Crippen LogP) is 3.66. The van der Waals surface area contributed by atoms with Gasteiger partial charge < -0.3 is 5.32 Å². The molecule has 0 fully saturated rings. The summed E-state index contributed by atoms with van der Waals surface area (Å²) in [4.78, 5) is 23.8. The van der Waals surface area contributed by atoms with Crippen molar-refractivity contribution in [2.45, 2.75) is 18.1 Å². The molecule has 3 rings (SSSR count). The third-order valence-electron chi connectivity index (χ3n) is 4.12. The molecule has 0 saturated carbocycles. The number of anilines is 2. The summed E-state index contributed by atoms with van der Waals surface area (Å²) in [6.45, 7) is 3.15. The van der Waals surface area contributed by atoms with Crippen molar-refractivity contribution in [3.63, 3.8) is 0 Å². The number of nitrogens with one attached hydrogen (secondary N) is 3. The molecule has 160 valence electrons. The highest BCUT2D eigenvalue weighted by molar-refractivity contribution is 7.94. The fourth-order valence-corrected chi connectivity index (χ4v) is 4.71. The molecule has 10 heteroatoms. The van der Waals surface area contributed by atoms with Crippen molar-refractivity contribution < 1.29 is 18.0 Å². The van der Waals surface area contributed by atoms with E-state index < -0.39 is 15.9 Å². The topological polar surface area (TPSA) is 117 Å². The van der Waals surface area contributed by atoms with E-state index in [4.69, 9.17) is 0 Å². The van der Waals surface area contributed by atoms with Crippen LogP contribution in [-0.4, -0.2) is 25.9 Å². The monoisotopic (exact) mass is 456 g/mol. The first-order valence-corrected chi connectivity index (χ1v) is 11.5. The Kier molecular flexibility index (Phi) is 6.83. The van der Waals surface area contributed by atoms with Crippen LogP contribution < -0.4 is 15.5 Å². The molecule has 0 bridgehead atoms. The molecule has 0 saturated heterocycles. The van der Waals surface area contributed by atoms with Crippen molar-refractivity contribution in [2.75, 3.05) is 10.0 Å². The second kappa shape index (κ2) is 9.54. The van der Waals surface area contributed by atoms with E-state index in [1.807, 2.05) is 0 Å². The van der Waals surface area contributed by atoms with Crippen LogP contribution in [0, 0.1) is 0 Å². The van der Waals surface area contributed by atoms with Crippen LogP contribution in [0.3, 0.4) is 0 Å². The number of carbonyl (C=O) groups is 2. The van der Waals surface area contributed by atoms with E-state index in [0.29, 0.717) is 11.4 Å². The average Bonchev–Trinajstić information content (AvgIpc) is 3.28. The second-order valence-corrected chi connectivity index (χ2v) is 9.34. The van der Waals surface area contributed by atoms with Crippen LogP contribution in [0.4, 0.5) is 11.4 Å². The van der Waals surface area contributed by atoms with E-state index in [1.165, 1.54) is 25.1 Å². The molecule has 3 aromatic rings. The molecule has 2 amide bonds. The van der Waals surface area contributed by atoms with Gasteiger partial charge in [-0.15, -0.1) is 11.3 Å². The van der Waals surface area contributed by atoms with E-state index in [0.717, 1.165) is 16.9 Å². The van der Waals surface area contributed by atoms with Crippen molar-refractivity contribution in [2.24, 2.45) is 5.10 Å². The molecule has 0 aliphatic rings. The molecule has 0 aliphatic carbocycles. The van der Waals surface area contributed by atoms with Gasteiger partial charge >= 0.3 is 0 Å². The van der Waals surface area contributed by atoms with Crippen LogP contribution in [0.25, 0.3) is 0 Å². The predicted molar refractivity (Wildman–Crippen MR) is 122 cm³/mol. The number of amides is 2. The lowest BCUT2D eigenvalue weighted by Gasteiger charge is -2.11. The Balaban J connectivity index is 1.74. The SMILES string of the molecule is CC(=O)Nc1ccc(/C(C)=N/NC(=O)c2ccccc2NS(=O)(=O)c2cccs2)cc1. The molecule has 0 spiro atoms. The normalized spacial score (nSPS) is 11.6. The minimum atomic E-state index is -3.79. The standard InChI is InChI=1S/C21H20N4O4S2/c1-14(16-9-11-17(12-10-16)22-15(2)26)23-24-21(27)18-6-3-4-7-19(18)25-31(28,29)20-8-5-13-30-20/h3-13,25H,1-2H3,(H,22,26)(H,24,27)/b23-14+. The molecular weight excluding hydrogens is 436 g/mol. The third kappa shape index (κ3) is 5.77. The van der Waals surface area contributed by atoms with Gasteiger partial charge in [-0.05, 0) is 48.2 Å². The van der Waals surface area contributed by atoms with Gasteiger partial charge in [0.2, 0.25) is 5.91 Å². The Morgan fingerprint density at radius 1 is 0.935 bits per heavy atom. The quantitative estimate of drug-likeness (QED) is 0.371. The van der Waals surface area contributed by atoms with Gasteiger partial charge in [0.15, 0.2) is 0 Å². The van der Waals surface area contributed by atoms with Gasteiger partial charge in [-0.3, -0.25) is 14.3 Å². The third-order valence-corrected chi connectivity index (χ3v) is 6.89. The summed E-state index contributed by atoms with van der Waals surface area (Å²) in [5, 5.41) is 8.44. The number of rotatable bonds is 7. The maximum absolute atomic E-state index is 12.7. The zero-order valence-electron chi connectivity index (χ0n) is 16.7. The van der Waals surface area contributed by atoms with Gasteiger partial charge in [-0.25, -0.2) is 13.8 Å². The molecule has 31 heavy (non-hydrogen) atoms. The maximum Gasteiger partial charge on any atom is 0.273 e. The molecule has 2 aromatic carbocycles. The minimum absolute atomic E-state index is 0.139. The first-order chi connectivity index (χ1) is 14.8. The van der Waals surface area contributed by atoms with E-state index in [9.17, 15) is 18.0 Å². The number of benzene rings is 2. The summed E-state index contributed by atoms with van der Waals surface area (Å²) in [5.41, 5.74) is 4.69. The average molecular weight is 457 g/mol. The van der Waals surface area contributed by atoms with Gasteiger partial charge in [0.05, 0.1) is 17.0 Å². The van der Waals surface area contributed by atoms with Crippen LogP contribution in [0.5, 0.6) is 0 Å². The highest BCUT2D eigenvalue weighted by atomic mass is 32.2. The van der Waals surface area contributed by atoms with E-state index in [2.05, 4.69) is 20.6 Å². The van der Waals surface area contributed by atoms with E-state index in [1.54, 1.807) is 54.8 Å². The first kappa shape index (κ1) is 22.2.